The summed E-state index contributed by atoms with van der Waals surface area (Å²) in [7, 11) is -4.42. The summed E-state index contributed by atoms with van der Waals surface area (Å²) in [6.45, 7) is 1.69. The van der Waals surface area contributed by atoms with Crippen LogP contribution < -0.4 is 4.72 Å². The standard InChI is InChI=1S/C18H12F7N3O2S/c1-7-18(27-31(29,30)9-3-4-11(19)12(20)5-9)8(2)28(26-7)6-10-13(21)15(23)17(25)16(24)14(10)22/h3-5,27H,6H2,1-2H3. The summed E-state index contributed by atoms with van der Waals surface area (Å²) in [5.74, 6) is -13.3. The van der Waals surface area contributed by atoms with Gasteiger partial charge in [-0.2, -0.15) is 5.10 Å². The average Bonchev–Trinajstić information content (AvgIpc) is 2.97. The molecule has 3 rings (SSSR count). The van der Waals surface area contributed by atoms with Gasteiger partial charge in [-0.15, -0.1) is 0 Å². The number of nitrogens with zero attached hydrogens (tertiary/aromatic N) is 2. The molecule has 13 heteroatoms. The molecule has 3 aromatic rings. The molecule has 0 aliphatic rings. The molecule has 0 saturated heterocycles. The molecule has 0 aliphatic carbocycles. The van der Waals surface area contributed by atoms with Crippen molar-refractivity contribution in [1.82, 2.24) is 9.78 Å². The molecule has 166 valence electrons. The lowest BCUT2D eigenvalue weighted by Gasteiger charge is -2.11. The number of nitrogens with one attached hydrogen (secondary N) is 1. The van der Waals surface area contributed by atoms with Gasteiger partial charge in [0.05, 0.1) is 34.1 Å². The first-order valence-electron chi connectivity index (χ1n) is 8.37. The molecule has 0 unspecified atom stereocenters. The largest absolute Gasteiger partial charge is 0.276 e. The van der Waals surface area contributed by atoms with E-state index in [9.17, 15) is 39.2 Å². The summed E-state index contributed by atoms with van der Waals surface area (Å²) < 4.78 is 122. The van der Waals surface area contributed by atoms with Crippen molar-refractivity contribution in [1.29, 1.82) is 0 Å². The summed E-state index contributed by atoms with van der Waals surface area (Å²) in [5.41, 5.74) is -1.38. The Balaban J connectivity index is 2.00. The molecule has 0 bridgehead atoms. The van der Waals surface area contributed by atoms with Gasteiger partial charge in [-0.1, -0.05) is 0 Å². The van der Waals surface area contributed by atoms with Crippen LogP contribution in [0.1, 0.15) is 17.0 Å². The molecule has 0 spiro atoms. The molecule has 0 fully saturated rings. The van der Waals surface area contributed by atoms with E-state index in [4.69, 9.17) is 0 Å². The summed E-state index contributed by atoms with van der Waals surface area (Å²) in [6.07, 6.45) is 0. The molecule has 0 atom stereocenters. The molecule has 31 heavy (non-hydrogen) atoms. The number of hydrogen-bond donors (Lipinski definition) is 1. The smallest absolute Gasteiger partial charge is 0.262 e. The lowest BCUT2D eigenvalue weighted by Crippen LogP contribution is -2.15. The van der Waals surface area contributed by atoms with Crippen LogP contribution in [0.25, 0.3) is 0 Å². The van der Waals surface area contributed by atoms with Crippen LogP contribution >= 0.6 is 0 Å². The highest BCUT2D eigenvalue weighted by atomic mass is 32.2. The van der Waals surface area contributed by atoms with Gasteiger partial charge in [0.2, 0.25) is 5.82 Å². The number of aromatic nitrogens is 2. The van der Waals surface area contributed by atoms with Gasteiger partial charge in [0.15, 0.2) is 34.9 Å². The van der Waals surface area contributed by atoms with Crippen molar-refractivity contribution in [3.05, 3.63) is 75.9 Å². The molecule has 0 saturated carbocycles. The van der Waals surface area contributed by atoms with Gasteiger partial charge in [-0.05, 0) is 32.0 Å². The topological polar surface area (TPSA) is 64.0 Å². The maximum Gasteiger partial charge on any atom is 0.262 e. The Hall–Kier alpha value is -3.09. The molecule has 0 amide bonds. The van der Waals surface area contributed by atoms with E-state index in [1.165, 1.54) is 13.8 Å². The molecular weight excluding hydrogens is 455 g/mol. The first kappa shape index (κ1) is 22.6. The number of benzene rings is 2. The van der Waals surface area contributed by atoms with Crippen LogP contribution in [-0.2, 0) is 16.6 Å². The van der Waals surface area contributed by atoms with Gasteiger partial charge in [0, 0.05) is 0 Å². The molecule has 1 aromatic heterocycles. The summed E-state index contributed by atoms with van der Waals surface area (Å²) in [5, 5.41) is 3.86. The van der Waals surface area contributed by atoms with E-state index >= 15 is 0 Å². The predicted octanol–water partition coefficient (Wildman–Crippen LogP) is 4.32. The zero-order valence-corrected chi connectivity index (χ0v) is 16.5. The van der Waals surface area contributed by atoms with Crippen LogP contribution in [-0.4, -0.2) is 18.2 Å². The number of rotatable bonds is 5. The second-order valence-electron chi connectivity index (χ2n) is 6.43. The maximum atomic E-state index is 14.0. The van der Waals surface area contributed by atoms with E-state index in [0.29, 0.717) is 12.1 Å². The number of hydrogen-bond acceptors (Lipinski definition) is 3. The number of halogens is 7. The van der Waals surface area contributed by atoms with Crippen LogP contribution in [0.5, 0.6) is 0 Å². The van der Waals surface area contributed by atoms with Crippen LogP contribution in [0.4, 0.5) is 36.4 Å². The van der Waals surface area contributed by atoms with Crippen molar-refractivity contribution in [2.24, 2.45) is 0 Å². The van der Waals surface area contributed by atoms with Crippen molar-refractivity contribution in [3.63, 3.8) is 0 Å². The number of sulfonamides is 1. The van der Waals surface area contributed by atoms with Gasteiger partial charge in [0.25, 0.3) is 10.0 Å². The lowest BCUT2D eigenvalue weighted by atomic mass is 10.1. The fraction of sp³-hybridized carbons (Fsp3) is 0.167. The molecule has 1 N–H and O–H groups in total. The Bertz CT molecular complexity index is 1280. The van der Waals surface area contributed by atoms with Crippen LogP contribution in [0.3, 0.4) is 0 Å². The average molecular weight is 467 g/mol. The van der Waals surface area contributed by atoms with E-state index in [1.54, 1.807) is 0 Å². The third-order valence-corrected chi connectivity index (χ3v) is 5.78. The molecule has 0 radical (unpaired) electrons. The summed E-state index contributed by atoms with van der Waals surface area (Å²) >= 11 is 0. The van der Waals surface area contributed by atoms with Gasteiger partial charge < -0.3 is 0 Å². The summed E-state index contributed by atoms with van der Waals surface area (Å²) in [6, 6.07) is 1.86. The maximum absolute atomic E-state index is 14.0. The zero-order valence-electron chi connectivity index (χ0n) is 15.7. The Morgan fingerprint density at radius 3 is 1.97 bits per heavy atom. The van der Waals surface area contributed by atoms with E-state index in [2.05, 4.69) is 9.82 Å². The Kier molecular flexibility index (Phi) is 5.74. The predicted molar refractivity (Wildman–Crippen MR) is 94.2 cm³/mol. The molecule has 0 aliphatic heterocycles. The van der Waals surface area contributed by atoms with E-state index in [1.807, 2.05) is 0 Å². The normalized spacial score (nSPS) is 11.8. The quantitative estimate of drug-likeness (QED) is 0.345. The molecule has 5 nitrogen and oxygen atoms in total. The first-order chi connectivity index (χ1) is 14.3. The number of anilines is 1. The SMILES string of the molecule is Cc1nn(Cc2c(F)c(F)c(F)c(F)c2F)c(C)c1NS(=O)(=O)c1ccc(F)c(F)c1. The van der Waals surface area contributed by atoms with E-state index in [0.717, 1.165) is 10.7 Å². The van der Waals surface area contributed by atoms with E-state index in [-0.39, 0.29) is 17.1 Å². The second-order valence-corrected chi connectivity index (χ2v) is 8.12. The van der Waals surface area contributed by atoms with Gasteiger partial charge in [0.1, 0.15) is 0 Å². The highest BCUT2D eigenvalue weighted by Gasteiger charge is 2.27. The fourth-order valence-electron chi connectivity index (χ4n) is 2.77. The zero-order chi connectivity index (χ0) is 23.2. The van der Waals surface area contributed by atoms with Crippen molar-refractivity contribution < 1.29 is 39.2 Å². The van der Waals surface area contributed by atoms with Crippen molar-refractivity contribution in [2.75, 3.05) is 4.72 Å². The molecular formula is C18H12F7N3O2S. The highest BCUT2D eigenvalue weighted by molar-refractivity contribution is 7.92. The minimum Gasteiger partial charge on any atom is -0.276 e. The fourth-order valence-corrected chi connectivity index (χ4v) is 3.96. The third-order valence-electron chi connectivity index (χ3n) is 4.43. The lowest BCUT2D eigenvalue weighted by molar-refractivity contribution is 0.366. The molecule has 2 aromatic carbocycles. The van der Waals surface area contributed by atoms with Gasteiger partial charge >= 0.3 is 0 Å². The molecule has 1 heterocycles. The monoisotopic (exact) mass is 467 g/mol. The van der Waals surface area contributed by atoms with Crippen molar-refractivity contribution >= 4 is 15.7 Å². The highest BCUT2D eigenvalue weighted by Crippen LogP contribution is 2.27. The van der Waals surface area contributed by atoms with Crippen molar-refractivity contribution in [2.45, 2.75) is 25.3 Å². The minimum atomic E-state index is -4.42. The van der Waals surface area contributed by atoms with Crippen molar-refractivity contribution in [3.8, 4) is 0 Å². The Labute approximate surface area is 171 Å². The van der Waals surface area contributed by atoms with Crippen LogP contribution in [0, 0.1) is 54.6 Å². The van der Waals surface area contributed by atoms with Gasteiger partial charge in [-0.25, -0.2) is 39.2 Å². The second kappa shape index (κ2) is 7.87. The number of aryl methyl sites for hydroxylation is 1. The van der Waals surface area contributed by atoms with Crippen LogP contribution in [0.2, 0.25) is 0 Å². The minimum absolute atomic E-state index is 0.00692. The summed E-state index contributed by atoms with van der Waals surface area (Å²) in [4.78, 5) is -0.613. The Morgan fingerprint density at radius 2 is 1.42 bits per heavy atom. The van der Waals surface area contributed by atoms with Gasteiger partial charge in [-0.3, -0.25) is 9.40 Å². The van der Waals surface area contributed by atoms with Crippen LogP contribution in [0.15, 0.2) is 23.1 Å². The third kappa shape index (κ3) is 3.96. The first-order valence-corrected chi connectivity index (χ1v) is 9.85. The van der Waals surface area contributed by atoms with E-state index < -0.39 is 67.7 Å². The Morgan fingerprint density at radius 1 is 0.871 bits per heavy atom.